The Morgan fingerprint density at radius 3 is 2.40 bits per heavy atom. The number of hydrogen-bond acceptors (Lipinski definition) is 6. The summed E-state index contributed by atoms with van der Waals surface area (Å²) in [5.41, 5.74) is -0.292. The van der Waals surface area contributed by atoms with Gasteiger partial charge in [0.2, 0.25) is 0 Å². The van der Waals surface area contributed by atoms with Crippen LogP contribution in [0.5, 0.6) is 0 Å². The van der Waals surface area contributed by atoms with Gasteiger partial charge in [0.25, 0.3) is 5.91 Å². The van der Waals surface area contributed by atoms with Crippen molar-refractivity contribution in [3.05, 3.63) is 17.5 Å². The Morgan fingerprint density at radius 2 is 1.84 bits per heavy atom. The third-order valence-corrected chi connectivity index (χ3v) is 3.93. The molecule has 0 aliphatic heterocycles. The van der Waals surface area contributed by atoms with E-state index in [1.807, 2.05) is 20.8 Å². The zero-order chi connectivity index (χ0) is 18.4. The SMILES string of the molecule is CC(C)(C)OC(=O)NC1CCC(NC(=O)c2cc(CCO)on2)CC1. The van der Waals surface area contributed by atoms with E-state index in [2.05, 4.69) is 15.8 Å². The summed E-state index contributed by atoms with van der Waals surface area (Å²) in [6.07, 6.45) is 3.03. The number of nitrogens with one attached hydrogen (secondary N) is 2. The van der Waals surface area contributed by atoms with E-state index in [4.69, 9.17) is 14.4 Å². The van der Waals surface area contributed by atoms with Gasteiger partial charge in [-0.3, -0.25) is 4.79 Å². The van der Waals surface area contributed by atoms with E-state index in [-0.39, 0.29) is 30.3 Å². The molecule has 2 amide bonds. The van der Waals surface area contributed by atoms with Crippen LogP contribution in [0.2, 0.25) is 0 Å². The standard InChI is InChI=1S/C17H27N3O5/c1-17(2,3)24-16(23)19-12-6-4-11(5-7-12)18-15(22)14-10-13(8-9-21)25-20-14/h10-12,21H,4-9H2,1-3H3,(H,18,22)(H,19,23). The fraction of sp³-hybridized carbons (Fsp3) is 0.706. The highest BCUT2D eigenvalue weighted by atomic mass is 16.6. The van der Waals surface area contributed by atoms with Gasteiger partial charge in [0.05, 0.1) is 6.61 Å². The highest BCUT2D eigenvalue weighted by Crippen LogP contribution is 2.20. The van der Waals surface area contributed by atoms with Crippen molar-refractivity contribution in [1.82, 2.24) is 15.8 Å². The molecule has 1 heterocycles. The number of alkyl carbamates (subject to hydrolysis) is 1. The first-order valence-electron chi connectivity index (χ1n) is 8.63. The fourth-order valence-corrected chi connectivity index (χ4v) is 2.76. The number of nitrogens with zero attached hydrogens (tertiary/aromatic N) is 1. The van der Waals surface area contributed by atoms with Crippen LogP contribution in [-0.2, 0) is 11.2 Å². The third kappa shape index (κ3) is 6.38. The lowest BCUT2D eigenvalue weighted by Gasteiger charge is -2.30. The van der Waals surface area contributed by atoms with Crippen molar-refractivity contribution >= 4 is 12.0 Å². The van der Waals surface area contributed by atoms with Crippen molar-refractivity contribution in [1.29, 1.82) is 0 Å². The molecule has 140 valence electrons. The normalized spacial score (nSPS) is 20.8. The first-order chi connectivity index (χ1) is 11.8. The van der Waals surface area contributed by atoms with Crippen molar-refractivity contribution in [2.75, 3.05) is 6.61 Å². The number of hydrogen-bond donors (Lipinski definition) is 3. The van der Waals surface area contributed by atoms with Crippen LogP contribution in [0.15, 0.2) is 10.6 Å². The quantitative estimate of drug-likeness (QED) is 0.743. The van der Waals surface area contributed by atoms with Gasteiger partial charge in [0, 0.05) is 24.6 Å². The third-order valence-electron chi connectivity index (χ3n) is 3.93. The van der Waals surface area contributed by atoms with Crippen molar-refractivity contribution in [2.24, 2.45) is 0 Å². The maximum atomic E-state index is 12.2. The predicted molar refractivity (Wildman–Crippen MR) is 90.2 cm³/mol. The molecule has 0 aromatic carbocycles. The molecule has 0 unspecified atom stereocenters. The minimum atomic E-state index is -0.512. The summed E-state index contributed by atoms with van der Waals surface area (Å²) in [7, 11) is 0. The Kier molecular flexibility index (Phi) is 6.41. The van der Waals surface area contributed by atoms with Crippen LogP contribution in [0.1, 0.15) is 62.7 Å². The molecule has 1 saturated carbocycles. The molecule has 1 aromatic heterocycles. The zero-order valence-electron chi connectivity index (χ0n) is 15.0. The number of ether oxygens (including phenoxy) is 1. The van der Waals surface area contributed by atoms with Crippen LogP contribution in [0.25, 0.3) is 0 Å². The van der Waals surface area contributed by atoms with Crippen molar-refractivity contribution in [3.63, 3.8) is 0 Å². The summed E-state index contributed by atoms with van der Waals surface area (Å²) in [5, 5.41) is 18.4. The highest BCUT2D eigenvalue weighted by Gasteiger charge is 2.26. The van der Waals surface area contributed by atoms with Crippen LogP contribution in [0.4, 0.5) is 4.79 Å². The zero-order valence-corrected chi connectivity index (χ0v) is 15.0. The van der Waals surface area contributed by atoms with Gasteiger partial charge >= 0.3 is 6.09 Å². The van der Waals surface area contributed by atoms with Gasteiger partial charge in [-0.2, -0.15) is 0 Å². The minimum Gasteiger partial charge on any atom is -0.444 e. The molecular formula is C17H27N3O5. The first kappa shape index (κ1) is 19.2. The second kappa shape index (κ2) is 8.33. The lowest BCUT2D eigenvalue weighted by molar-refractivity contribution is 0.0487. The van der Waals surface area contributed by atoms with E-state index in [1.54, 1.807) is 6.07 Å². The maximum absolute atomic E-state index is 12.2. The van der Waals surface area contributed by atoms with Gasteiger partial charge in [-0.25, -0.2) is 4.79 Å². The summed E-state index contributed by atoms with van der Waals surface area (Å²) in [4.78, 5) is 23.9. The molecule has 0 spiro atoms. The second-order valence-electron chi connectivity index (χ2n) is 7.32. The fourth-order valence-electron chi connectivity index (χ4n) is 2.76. The molecular weight excluding hydrogens is 326 g/mol. The van der Waals surface area contributed by atoms with Gasteiger partial charge < -0.3 is 25.0 Å². The number of aliphatic hydroxyl groups excluding tert-OH is 1. The molecule has 0 bridgehead atoms. The van der Waals surface area contributed by atoms with E-state index < -0.39 is 11.7 Å². The average molecular weight is 353 g/mol. The van der Waals surface area contributed by atoms with Crippen LogP contribution >= 0.6 is 0 Å². The second-order valence-corrected chi connectivity index (χ2v) is 7.32. The van der Waals surface area contributed by atoms with E-state index in [1.165, 1.54) is 0 Å². The van der Waals surface area contributed by atoms with Crippen molar-refractivity contribution < 1.29 is 24.0 Å². The van der Waals surface area contributed by atoms with Crippen LogP contribution in [0.3, 0.4) is 0 Å². The van der Waals surface area contributed by atoms with E-state index in [9.17, 15) is 9.59 Å². The summed E-state index contributed by atoms with van der Waals surface area (Å²) >= 11 is 0. The largest absolute Gasteiger partial charge is 0.444 e. The molecule has 0 saturated heterocycles. The molecule has 1 aromatic rings. The summed E-state index contributed by atoms with van der Waals surface area (Å²) in [6, 6.07) is 1.65. The first-order valence-corrected chi connectivity index (χ1v) is 8.63. The number of amides is 2. The molecule has 8 nitrogen and oxygen atoms in total. The molecule has 25 heavy (non-hydrogen) atoms. The summed E-state index contributed by atoms with van der Waals surface area (Å²) < 4.78 is 10.2. The number of carbonyl (C=O) groups is 2. The molecule has 0 radical (unpaired) electrons. The summed E-state index contributed by atoms with van der Waals surface area (Å²) in [6.45, 7) is 5.43. The van der Waals surface area contributed by atoms with Gasteiger partial charge in [0.1, 0.15) is 11.4 Å². The Hall–Kier alpha value is -2.09. The van der Waals surface area contributed by atoms with E-state index in [0.29, 0.717) is 12.2 Å². The van der Waals surface area contributed by atoms with Gasteiger partial charge in [-0.15, -0.1) is 0 Å². The smallest absolute Gasteiger partial charge is 0.407 e. The molecule has 1 aliphatic carbocycles. The van der Waals surface area contributed by atoms with Gasteiger partial charge in [-0.1, -0.05) is 5.16 Å². The monoisotopic (exact) mass is 353 g/mol. The Balaban J connectivity index is 1.74. The lowest BCUT2D eigenvalue weighted by Crippen LogP contribution is -2.45. The number of carbonyl (C=O) groups excluding carboxylic acids is 2. The summed E-state index contributed by atoms with van der Waals surface area (Å²) in [5.74, 6) is 0.203. The van der Waals surface area contributed by atoms with Crippen molar-refractivity contribution in [3.8, 4) is 0 Å². The minimum absolute atomic E-state index is 0.0437. The van der Waals surface area contributed by atoms with Crippen LogP contribution in [0, 0.1) is 0 Å². The molecule has 1 aliphatic rings. The van der Waals surface area contributed by atoms with Crippen molar-refractivity contribution in [2.45, 2.75) is 70.6 Å². The van der Waals surface area contributed by atoms with E-state index in [0.717, 1.165) is 25.7 Å². The molecule has 0 atom stereocenters. The average Bonchev–Trinajstić information content (AvgIpc) is 2.96. The Morgan fingerprint density at radius 1 is 1.24 bits per heavy atom. The van der Waals surface area contributed by atoms with Crippen LogP contribution in [-0.4, -0.2) is 46.6 Å². The number of aromatic nitrogens is 1. The van der Waals surface area contributed by atoms with Gasteiger partial charge in [0.15, 0.2) is 5.69 Å². The molecule has 2 rings (SSSR count). The van der Waals surface area contributed by atoms with E-state index >= 15 is 0 Å². The Labute approximate surface area is 147 Å². The lowest BCUT2D eigenvalue weighted by atomic mass is 9.91. The molecule has 1 fully saturated rings. The predicted octanol–water partition coefficient (Wildman–Crippen LogP) is 1.78. The Bertz CT molecular complexity index is 585. The van der Waals surface area contributed by atoms with Gasteiger partial charge in [-0.05, 0) is 46.5 Å². The van der Waals surface area contributed by atoms with Crippen LogP contribution < -0.4 is 10.6 Å². The number of rotatable bonds is 5. The highest BCUT2D eigenvalue weighted by molar-refractivity contribution is 5.92. The molecule has 8 heteroatoms. The topological polar surface area (TPSA) is 114 Å². The molecule has 3 N–H and O–H groups in total. The number of aliphatic hydroxyl groups is 1. The maximum Gasteiger partial charge on any atom is 0.407 e.